The van der Waals surface area contributed by atoms with E-state index in [1.165, 1.54) is 22.4 Å². The van der Waals surface area contributed by atoms with E-state index in [2.05, 4.69) is 52.4 Å². The molecule has 1 saturated heterocycles. The van der Waals surface area contributed by atoms with Crippen molar-refractivity contribution in [3.8, 4) is 11.1 Å². The smallest absolute Gasteiger partial charge is 0.118 e. The minimum atomic E-state index is 0.549. The van der Waals surface area contributed by atoms with Gasteiger partial charge in [-0.05, 0) is 57.5 Å². The Hall–Kier alpha value is -2.33. The highest BCUT2D eigenvalue weighted by atomic mass is 16.3. The third-order valence-corrected chi connectivity index (χ3v) is 5.17. The van der Waals surface area contributed by atoms with Crippen LogP contribution in [0.1, 0.15) is 41.5 Å². The van der Waals surface area contributed by atoms with Crippen molar-refractivity contribution < 1.29 is 4.42 Å². The Morgan fingerprint density at radius 1 is 1.16 bits per heavy atom. The number of benzene rings is 1. The molecule has 0 unspecified atom stereocenters. The summed E-state index contributed by atoms with van der Waals surface area (Å²) in [6.07, 6.45) is 4.28. The van der Waals surface area contributed by atoms with Crippen molar-refractivity contribution in [2.75, 3.05) is 13.1 Å². The zero-order chi connectivity index (χ0) is 17.2. The van der Waals surface area contributed by atoms with Crippen LogP contribution in [0.5, 0.6) is 0 Å². The monoisotopic (exact) mass is 335 g/mol. The van der Waals surface area contributed by atoms with Gasteiger partial charge in [0.1, 0.15) is 11.5 Å². The van der Waals surface area contributed by atoms with Crippen molar-refractivity contribution in [3.05, 3.63) is 65.4 Å². The Labute approximate surface area is 148 Å². The van der Waals surface area contributed by atoms with Gasteiger partial charge in [-0.15, -0.1) is 0 Å². The fourth-order valence-corrected chi connectivity index (χ4v) is 3.82. The zero-order valence-corrected chi connectivity index (χ0v) is 15.0. The Balaban J connectivity index is 1.44. The Kier molecular flexibility index (Phi) is 4.45. The minimum absolute atomic E-state index is 0.549. The number of piperidine rings is 1. The van der Waals surface area contributed by atoms with Gasteiger partial charge in [0.25, 0.3) is 0 Å². The molecule has 0 atom stereocenters. The second-order valence-electron chi connectivity index (χ2n) is 7.13. The highest BCUT2D eigenvalue weighted by molar-refractivity contribution is 5.66. The number of aryl methyl sites for hydroxylation is 2. The Morgan fingerprint density at radius 2 is 2.00 bits per heavy atom. The summed E-state index contributed by atoms with van der Waals surface area (Å²) in [6, 6.07) is 12.8. The molecule has 0 aliphatic carbocycles. The van der Waals surface area contributed by atoms with Crippen molar-refractivity contribution in [2.45, 2.75) is 39.2 Å². The van der Waals surface area contributed by atoms with E-state index in [0.717, 1.165) is 44.0 Å². The van der Waals surface area contributed by atoms with E-state index < -0.39 is 0 Å². The quantitative estimate of drug-likeness (QED) is 0.754. The molecule has 1 aliphatic heterocycles. The van der Waals surface area contributed by atoms with Crippen molar-refractivity contribution >= 4 is 0 Å². The summed E-state index contributed by atoms with van der Waals surface area (Å²) >= 11 is 0. The number of furan rings is 1. The molecule has 1 aliphatic rings. The number of hydrogen-bond donors (Lipinski definition) is 1. The molecule has 1 fully saturated rings. The number of nitrogens with zero attached hydrogens (tertiary/aromatic N) is 2. The van der Waals surface area contributed by atoms with E-state index in [4.69, 9.17) is 4.42 Å². The van der Waals surface area contributed by atoms with E-state index in [9.17, 15) is 0 Å². The molecule has 4 heteroatoms. The standard InChI is InChI=1S/C21H25N3O/c1-15-4-3-5-18(12-15)20-13-22-23-21(20)17-8-10-24(11-9-17)14-19-7-6-16(2)25-19/h3-7,12-13,17H,8-11,14H2,1-2H3,(H,22,23). The predicted molar refractivity (Wildman–Crippen MR) is 99.5 cm³/mol. The second kappa shape index (κ2) is 6.89. The van der Waals surface area contributed by atoms with Crippen molar-refractivity contribution in [1.82, 2.24) is 15.1 Å². The van der Waals surface area contributed by atoms with E-state index in [1.807, 2.05) is 19.2 Å². The van der Waals surface area contributed by atoms with Crippen LogP contribution in [0.15, 0.2) is 47.0 Å². The summed E-state index contributed by atoms with van der Waals surface area (Å²) in [7, 11) is 0. The van der Waals surface area contributed by atoms with E-state index in [1.54, 1.807) is 0 Å². The molecule has 0 saturated carbocycles. The third-order valence-electron chi connectivity index (χ3n) is 5.17. The Bertz CT molecular complexity index is 840. The first-order chi connectivity index (χ1) is 12.2. The summed E-state index contributed by atoms with van der Waals surface area (Å²) in [6.45, 7) is 7.24. The molecule has 1 aromatic carbocycles. The molecule has 3 aromatic rings. The van der Waals surface area contributed by atoms with Crippen LogP contribution < -0.4 is 0 Å². The maximum Gasteiger partial charge on any atom is 0.118 e. The number of hydrogen-bond acceptors (Lipinski definition) is 3. The van der Waals surface area contributed by atoms with Crippen molar-refractivity contribution in [1.29, 1.82) is 0 Å². The molecule has 25 heavy (non-hydrogen) atoms. The van der Waals surface area contributed by atoms with Gasteiger partial charge in [0, 0.05) is 17.2 Å². The fourth-order valence-electron chi connectivity index (χ4n) is 3.82. The molecular formula is C21H25N3O. The molecule has 2 aromatic heterocycles. The van der Waals surface area contributed by atoms with Gasteiger partial charge >= 0.3 is 0 Å². The molecule has 130 valence electrons. The SMILES string of the molecule is Cc1cccc(-c2cn[nH]c2C2CCN(Cc3ccc(C)o3)CC2)c1. The normalized spacial score (nSPS) is 16.4. The third kappa shape index (κ3) is 3.54. The number of likely N-dealkylation sites (tertiary alicyclic amines) is 1. The summed E-state index contributed by atoms with van der Waals surface area (Å²) < 4.78 is 5.72. The first-order valence-electron chi connectivity index (χ1n) is 9.07. The van der Waals surface area contributed by atoms with Gasteiger partial charge in [-0.2, -0.15) is 5.10 Å². The molecule has 0 bridgehead atoms. The van der Waals surface area contributed by atoms with Crippen LogP contribution in [0.25, 0.3) is 11.1 Å². The molecule has 4 nitrogen and oxygen atoms in total. The lowest BCUT2D eigenvalue weighted by Gasteiger charge is -2.31. The van der Waals surface area contributed by atoms with Gasteiger partial charge in [-0.3, -0.25) is 10.00 Å². The highest BCUT2D eigenvalue weighted by Crippen LogP contribution is 2.34. The van der Waals surface area contributed by atoms with Gasteiger partial charge in [0.05, 0.1) is 12.7 Å². The van der Waals surface area contributed by atoms with Crippen LogP contribution in [-0.2, 0) is 6.54 Å². The average Bonchev–Trinajstić information content (AvgIpc) is 3.25. The first kappa shape index (κ1) is 16.2. The lowest BCUT2D eigenvalue weighted by molar-refractivity contribution is 0.189. The number of rotatable bonds is 4. The van der Waals surface area contributed by atoms with Crippen molar-refractivity contribution in [2.24, 2.45) is 0 Å². The van der Waals surface area contributed by atoms with Crippen LogP contribution in [-0.4, -0.2) is 28.2 Å². The molecule has 0 amide bonds. The summed E-state index contributed by atoms with van der Waals surface area (Å²) in [4.78, 5) is 2.48. The summed E-state index contributed by atoms with van der Waals surface area (Å²) in [5.74, 6) is 2.61. The number of nitrogens with one attached hydrogen (secondary N) is 1. The van der Waals surface area contributed by atoms with Crippen LogP contribution in [0.2, 0.25) is 0 Å². The average molecular weight is 335 g/mol. The van der Waals surface area contributed by atoms with Crippen LogP contribution in [0.3, 0.4) is 0 Å². The van der Waals surface area contributed by atoms with Gasteiger partial charge in [0.2, 0.25) is 0 Å². The van der Waals surface area contributed by atoms with Gasteiger partial charge in [-0.1, -0.05) is 29.8 Å². The maximum atomic E-state index is 5.72. The zero-order valence-electron chi connectivity index (χ0n) is 15.0. The van der Waals surface area contributed by atoms with Crippen molar-refractivity contribution in [3.63, 3.8) is 0 Å². The van der Waals surface area contributed by atoms with E-state index in [0.29, 0.717) is 5.92 Å². The van der Waals surface area contributed by atoms with Gasteiger partial charge in [-0.25, -0.2) is 0 Å². The lowest BCUT2D eigenvalue weighted by atomic mass is 9.89. The topological polar surface area (TPSA) is 45.1 Å². The number of H-pyrrole nitrogens is 1. The van der Waals surface area contributed by atoms with E-state index >= 15 is 0 Å². The molecule has 4 rings (SSSR count). The summed E-state index contributed by atoms with van der Waals surface area (Å²) in [5.41, 5.74) is 5.09. The molecular weight excluding hydrogens is 310 g/mol. The van der Waals surface area contributed by atoms with Crippen LogP contribution >= 0.6 is 0 Å². The lowest BCUT2D eigenvalue weighted by Crippen LogP contribution is -2.32. The first-order valence-corrected chi connectivity index (χ1v) is 9.07. The minimum Gasteiger partial charge on any atom is -0.465 e. The molecule has 1 N–H and O–H groups in total. The van der Waals surface area contributed by atoms with Crippen LogP contribution in [0.4, 0.5) is 0 Å². The van der Waals surface area contributed by atoms with Crippen LogP contribution in [0, 0.1) is 13.8 Å². The fraction of sp³-hybridized carbons (Fsp3) is 0.381. The van der Waals surface area contributed by atoms with Gasteiger partial charge < -0.3 is 4.42 Å². The second-order valence-corrected chi connectivity index (χ2v) is 7.13. The Morgan fingerprint density at radius 3 is 2.72 bits per heavy atom. The largest absolute Gasteiger partial charge is 0.465 e. The molecule has 0 radical (unpaired) electrons. The molecule has 3 heterocycles. The maximum absolute atomic E-state index is 5.72. The molecule has 0 spiro atoms. The predicted octanol–water partition coefficient (Wildman–Crippen LogP) is 4.67. The highest BCUT2D eigenvalue weighted by Gasteiger charge is 2.24. The van der Waals surface area contributed by atoms with Gasteiger partial charge in [0.15, 0.2) is 0 Å². The summed E-state index contributed by atoms with van der Waals surface area (Å²) in [5, 5.41) is 7.61. The number of aromatic amines is 1. The number of aromatic nitrogens is 2. The van der Waals surface area contributed by atoms with E-state index in [-0.39, 0.29) is 0 Å².